The van der Waals surface area contributed by atoms with Gasteiger partial charge in [-0.05, 0) is 80.9 Å². The lowest BCUT2D eigenvalue weighted by Gasteiger charge is -2.13. The van der Waals surface area contributed by atoms with Crippen molar-refractivity contribution < 1.29 is 4.42 Å². The second kappa shape index (κ2) is 13.8. The molecule has 4 heteroatoms. The molecule has 0 fully saturated rings. The van der Waals surface area contributed by atoms with Gasteiger partial charge in [0.2, 0.25) is 0 Å². The zero-order valence-electron chi connectivity index (χ0n) is 29.8. The van der Waals surface area contributed by atoms with Crippen LogP contribution in [0.4, 0.5) is 0 Å². The Morgan fingerprint density at radius 1 is 0.236 bits per heavy atom. The molecule has 0 amide bonds. The average molecular weight is 704 g/mol. The molecule has 258 valence electrons. The Bertz CT molecular complexity index is 2840. The van der Waals surface area contributed by atoms with E-state index >= 15 is 0 Å². The van der Waals surface area contributed by atoms with Crippen molar-refractivity contribution in [2.75, 3.05) is 0 Å². The number of nitrogens with zero attached hydrogens (tertiary/aromatic N) is 3. The summed E-state index contributed by atoms with van der Waals surface area (Å²) >= 11 is 0. The minimum Gasteiger partial charge on any atom is -0.456 e. The minimum atomic E-state index is 0.605. The van der Waals surface area contributed by atoms with E-state index in [9.17, 15) is 0 Å². The minimum absolute atomic E-state index is 0.605. The van der Waals surface area contributed by atoms with Gasteiger partial charge in [-0.25, -0.2) is 15.0 Å². The van der Waals surface area contributed by atoms with Crippen molar-refractivity contribution in [3.8, 4) is 78.7 Å². The molecule has 2 heterocycles. The average Bonchev–Trinajstić information content (AvgIpc) is 3.65. The van der Waals surface area contributed by atoms with Crippen LogP contribution in [-0.4, -0.2) is 15.0 Å². The summed E-state index contributed by atoms with van der Waals surface area (Å²) in [4.78, 5) is 15.5. The highest BCUT2D eigenvalue weighted by Crippen LogP contribution is 2.37. The van der Waals surface area contributed by atoms with Gasteiger partial charge in [0, 0.05) is 27.5 Å². The van der Waals surface area contributed by atoms with Gasteiger partial charge < -0.3 is 4.42 Å². The fraction of sp³-hybridized carbons (Fsp3) is 0. The van der Waals surface area contributed by atoms with Crippen molar-refractivity contribution in [1.82, 2.24) is 15.0 Å². The van der Waals surface area contributed by atoms with Gasteiger partial charge >= 0.3 is 0 Å². The van der Waals surface area contributed by atoms with E-state index in [1.807, 2.05) is 30.3 Å². The summed E-state index contributed by atoms with van der Waals surface area (Å²) in [5.74, 6) is 1.84. The molecule has 0 spiro atoms. The van der Waals surface area contributed by atoms with Gasteiger partial charge in [0.25, 0.3) is 0 Å². The van der Waals surface area contributed by atoms with Crippen LogP contribution < -0.4 is 0 Å². The molecule has 4 nitrogen and oxygen atoms in total. The van der Waals surface area contributed by atoms with E-state index in [4.69, 9.17) is 19.4 Å². The number of benzene rings is 8. The quantitative estimate of drug-likeness (QED) is 0.166. The highest BCUT2D eigenvalue weighted by Gasteiger charge is 2.16. The van der Waals surface area contributed by atoms with E-state index in [1.54, 1.807) is 0 Å². The van der Waals surface area contributed by atoms with Crippen LogP contribution >= 0.6 is 0 Å². The first-order chi connectivity index (χ1) is 27.2. The maximum Gasteiger partial charge on any atom is 0.164 e. The lowest BCUT2D eigenvalue weighted by molar-refractivity contribution is 0.669. The smallest absolute Gasteiger partial charge is 0.164 e. The lowest BCUT2D eigenvalue weighted by atomic mass is 9.95. The van der Waals surface area contributed by atoms with Gasteiger partial charge in [0.05, 0.1) is 0 Å². The molecule has 10 rings (SSSR count). The molecular weight excluding hydrogens is 671 g/mol. The van der Waals surface area contributed by atoms with Crippen molar-refractivity contribution in [2.45, 2.75) is 0 Å². The van der Waals surface area contributed by atoms with Crippen molar-refractivity contribution in [3.05, 3.63) is 200 Å². The molecule has 0 saturated heterocycles. The number of aromatic nitrogens is 3. The van der Waals surface area contributed by atoms with Crippen LogP contribution in [0, 0.1) is 0 Å². The number of rotatable bonds is 7. The summed E-state index contributed by atoms with van der Waals surface area (Å²) in [6.07, 6.45) is 0. The first-order valence-corrected chi connectivity index (χ1v) is 18.4. The van der Waals surface area contributed by atoms with E-state index in [0.717, 1.165) is 83.1 Å². The van der Waals surface area contributed by atoms with Crippen molar-refractivity contribution in [2.24, 2.45) is 0 Å². The molecule has 0 aliphatic carbocycles. The Labute approximate surface area is 319 Å². The number of hydrogen-bond donors (Lipinski definition) is 0. The molecule has 0 bridgehead atoms. The van der Waals surface area contributed by atoms with Crippen LogP contribution in [0.1, 0.15) is 0 Å². The maximum atomic E-state index is 6.18. The molecule has 0 aliphatic rings. The summed E-state index contributed by atoms with van der Waals surface area (Å²) in [5.41, 5.74) is 13.4. The fourth-order valence-corrected chi connectivity index (χ4v) is 7.27. The van der Waals surface area contributed by atoms with Crippen molar-refractivity contribution >= 4 is 21.9 Å². The highest BCUT2D eigenvalue weighted by molar-refractivity contribution is 6.06. The summed E-state index contributed by atoms with van der Waals surface area (Å²) < 4.78 is 6.18. The molecule has 2 aromatic heterocycles. The van der Waals surface area contributed by atoms with Crippen LogP contribution in [0.15, 0.2) is 205 Å². The first-order valence-electron chi connectivity index (χ1n) is 18.4. The molecule has 0 saturated carbocycles. The summed E-state index contributed by atoms with van der Waals surface area (Å²) in [6.45, 7) is 0. The topological polar surface area (TPSA) is 51.8 Å². The van der Waals surface area contributed by atoms with Gasteiger partial charge in [0.15, 0.2) is 17.5 Å². The van der Waals surface area contributed by atoms with Crippen LogP contribution in [0.3, 0.4) is 0 Å². The van der Waals surface area contributed by atoms with E-state index in [0.29, 0.717) is 17.5 Å². The Balaban J connectivity index is 1.14. The normalized spacial score (nSPS) is 11.3. The Hall–Kier alpha value is -7.43. The zero-order valence-corrected chi connectivity index (χ0v) is 29.8. The lowest BCUT2D eigenvalue weighted by Crippen LogP contribution is -2.00. The predicted octanol–water partition coefficient (Wildman–Crippen LogP) is 13.4. The Morgan fingerprint density at radius 3 is 1.15 bits per heavy atom. The number of hydrogen-bond acceptors (Lipinski definition) is 4. The molecule has 0 unspecified atom stereocenters. The molecule has 0 aliphatic heterocycles. The monoisotopic (exact) mass is 703 g/mol. The third kappa shape index (κ3) is 6.36. The largest absolute Gasteiger partial charge is 0.456 e. The van der Waals surface area contributed by atoms with Crippen molar-refractivity contribution in [3.63, 3.8) is 0 Å². The van der Waals surface area contributed by atoms with Crippen LogP contribution in [0.2, 0.25) is 0 Å². The molecule has 8 aromatic carbocycles. The van der Waals surface area contributed by atoms with Gasteiger partial charge in [-0.15, -0.1) is 0 Å². The van der Waals surface area contributed by atoms with Gasteiger partial charge in [0.1, 0.15) is 11.2 Å². The van der Waals surface area contributed by atoms with Crippen LogP contribution in [0.25, 0.3) is 101 Å². The second-order valence-electron chi connectivity index (χ2n) is 13.7. The highest BCUT2D eigenvalue weighted by atomic mass is 16.3. The zero-order chi connectivity index (χ0) is 36.6. The standard InChI is InChI=1S/C51H33N3O/c1-4-12-34(13-5-1)37-20-24-39(25-21-37)49-52-50(40-26-22-38(23-27-40)35-14-6-2-7-15-35)54-51(53-49)44-31-42(36-16-8-3-9-17-36)30-43(32-44)41-28-29-48-46(33-41)45-18-10-11-19-47(45)55-48/h1-33H. The van der Waals surface area contributed by atoms with E-state index in [-0.39, 0.29) is 0 Å². The van der Waals surface area contributed by atoms with Gasteiger partial charge in [-0.2, -0.15) is 0 Å². The van der Waals surface area contributed by atoms with Crippen LogP contribution in [0.5, 0.6) is 0 Å². The second-order valence-corrected chi connectivity index (χ2v) is 13.7. The SMILES string of the molecule is c1ccc(-c2ccc(-c3nc(-c4ccc(-c5ccccc5)cc4)nc(-c4cc(-c5ccccc5)cc(-c5ccc6oc7ccccc7c6c5)c4)n3)cc2)cc1. The van der Waals surface area contributed by atoms with Gasteiger partial charge in [-0.3, -0.25) is 0 Å². The summed E-state index contributed by atoms with van der Waals surface area (Å²) in [6, 6.07) is 69.4. The van der Waals surface area contributed by atoms with E-state index in [1.165, 1.54) is 0 Å². The van der Waals surface area contributed by atoms with Crippen LogP contribution in [-0.2, 0) is 0 Å². The fourth-order valence-electron chi connectivity index (χ4n) is 7.27. The third-order valence-corrected chi connectivity index (χ3v) is 10.1. The van der Waals surface area contributed by atoms with E-state index < -0.39 is 0 Å². The molecule has 0 N–H and O–H groups in total. The van der Waals surface area contributed by atoms with E-state index in [2.05, 4.69) is 170 Å². The first kappa shape index (κ1) is 32.2. The summed E-state index contributed by atoms with van der Waals surface area (Å²) in [7, 11) is 0. The summed E-state index contributed by atoms with van der Waals surface area (Å²) in [5, 5.41) is 2.18. The molecule has 10 aromatic rings. The molecule has 0 radical (unpaired) electrons. The number of furan rings is 1. The maximum absolute atomic E-state index is 6.18. The molecule has 0 atom stereocenters. The van der Waals surface area contributed by atoms with Gasteiger partial charge in [-0.1, -0.05) is 164 Å². The molecular formula is C51H33N3O. The molecule has 55 heavy (non-hydrogen) atoms. The Kier molecular flexibility index (Phi) is 8.12. The Morgan fingerprint density at radius 2 is 0.600 bits per heavy atom. The predicted molar refractivity (Wildman–Crippen MR) is 225 cm³/mol. The third-order valence-electron chi connectivity index (χ3n) is 10.1. The number of para-hydroxylation sites is 1. The number of fused-ring (bicyclic) bond motifs is 3. The van der Waals surface area contributed by atoms with Crippen molar-refractivity contribution in [1.29, 1.82) is 0 Å².